The summed E-state index contributed by atoms with van der Waals surface area (Å²) < 4.78 is 17.7. The van der Waals surface area contributed by atoms with E-state index in [2.05, 4.69) is 62.5 Å². The SMILES string of the molecule is CCCCC/C=C\C/C=C\CCCCCCCCCCC(O)C(=O)NC(COC1OC(CO)C(O)C(O)C1OC(=O)CCCCCCCCCCC/C=C/CCCCCCCC)C(O)/C=C/CCCCCCCCCCCCC. The van der Waals surface area contributed by atoms with Crippen molar-refractivity contribution in [1.29, 1.82) is 0 Å². The lowest BCUT2D eigenvalue weighted by molar-refractivity contribution is -0.305. The molecule has 462 valence electrons. The van der Waals surface area contributed by atoms with Gasteiger partial charge in [-0.05, 0) is 83.5 Å². The lowest BCUT2D eigenvalue weighted by atomic mass is 9.99. The van der Waals surface area contributed by atoms with Gasteiger partial charge in [0, 0.05) is 6.42 Å². The number of carbonyl (C=O) groups is 2. The largest absolute Gasteiger partial charge is 0.454 e. The Morgan fingerprint density at radius 2 is 0.873 bits per heavy atom. The van der Waals surface area contributed by atoms with Gasteiger partial charge in [-0.3, -0.25) is 9.59 Å². The quantitative estimate of drug-likeness (QED) is 0.0195. The summed E-state index contributed by atoms with van der Waals surface area (Å²) in [5, 5.41) is 57.1. The summed E-state index contributed by atoms with van der Waals surface area (Å²) in [5.41, 5.74) is 0. The molecule has 0 aromatic rings. The molecule has 1 heterocycles. The van der Waals surface area contributed by atoms with Crippen molar-refractivity contribution in [1.82, 2.24) is 5.32 Å². The van der Waals surface area contributed by atoms with E-state index in [1.54, 1.807) is 6.08 Å². The fourth-order valence-corrected chi connectivity index (χ4v) is 10.4. The van der Waals surface area contributed by atoms with Gasteiger partial charge in [0.05, 0.1) is 25.4 Å². The van der Waals surface area contributed by atoms with Crippen LogP contribution in [0.3, 0.4) is 0 Å². The van der Waals surface area contributed by atoms with E-state index in [0.29, 0.717) is 12.8 Å². The summed E-state index contributed by atoms with van der Waals surface area (Å²) in [5.74, 6) is -1.19. The molecule has 1 saturated heterocycles. The van der Waals surface area contributed by atoms with Gasteiger partial charge in [-0.15, -0.1) is 0 Å². The van der Waals surface area contributed by atoms with E-state index in [1.165, 1.54) is 193 Å². The zero-order chi connectivity index (χ0) is 57.5. The number of amides is 1. The van der Waals surface area contributed by atoms with E-state index in [0.717, 1.165) is 70.6 Å². The van der Waals surface area contributed by atoms with Crippen LogP contribution in [0.5, 0.6) is 0 Å². The number of hydrogen-bond acceptors (Lipinski definition) is 10. The van der Waals surface area contributed by atoms with E-state index in [-0.39, 0.29) is 19.4 Å². The van der Waals surface area contributed by atoms with Crippen molar-refractivity contribution < 1.29 is 49.3 Å². The fraction of sp³-hybridized carbons (Fsp3) is 0.853. The molecule has 11 nitrogen and oxygen atoms in total. The van der Waals surface area contributed by atoms with Gasteiger partial charge in [-0.25, -0.2) is 0 Å². The fourth-order valence-electron chi connectivity index (χ4n) is 10.4. The number of allylic oxidation sites excluding steroid dienone is 7. The van der Waals surface area contributed by atoms with E-state index < -0.39 is 67.4 Å². The lowest BCUT2D eigenvalue weighted by Crippen LogP contribution is -2.61. The third-order valence-electron chi connectivity index (χ3n) is 15.7. The van der Waals surface area contributed by atoms with Gasteiger partial charge < -0.3 is 45.1 Å². The predicted molar refractivity (Wildman–Crippen MR) is 329 cm³/mol. The summed E-state index contributed by atoms with van der Waals surface area (Å²) in [6.07, 6.45) is 58.5. The van der Waals surface area contributed by atoms with Crippen molar-refractivity contribution >= 4 is 11.9 Å². The van der Waals surface area contributed by atoms with E-state index in [1.807, 2.05) is 6.08 Å². The Kier molecular flexibility index (Phi) is 53.0. The Bertz CT molecular complexity index is 1470. The molecule has 1 rings (SSSR count). The molecular weight excluding hydrogens is 991 g/mol. The Morgan fingerprint density at radius 1 is 0.494 bits per heavy atom. The first-order valence-corrected chi connectivity index (χ1v) is 33.4. The topological polar surface area (TPSA) is 175 Å². The molecule has 1 fully saturated rings. The second kappa shape index (κ2) is 56.1. The number of aliphatic hydroxyl groups excluding tert-OH is 5. The molecular formula is C68H125NO10. The minimum Gasteiger partial charge on any atom is -0.454 e. The zero-order valence-electron chi connectivity index (χ0n) is 51.2. The lowest BCUT2D eigenvalue weighted by Gasteiger charge is -2.41. The number of unbranched alkanes of at least 4 members (excludes halogenated alkanes) is 37. The highest BCUT2D eigenvalue weighted by Gasteiger charge is 2.47. The molecule has 79 heavy (non-hydrogen) atoms. The molecule has 1 aliphatic heterocycles. The number of carbonyl (C=O) groups excluding carboxylic acids is 2. The first-order chi connectivity index (χ1) is 38.7. The van der Waals surface area contributed by atoms with Gasteiger partial charge in [0.15, 0.2) is 12.4 Å². The van der Waals surface area contributed by atoms with Crippen molar-refractivity contribution in [2.45, 2.75) is 359 Å². The van der Waals surface area contributed by atoms with Crippen molar-refractivity contribution in [3.05, 3.63) is 48.6 Å². The maximum Gasteiger partial charge on any atom is 0.306 e. The monoisotopic (exact) mass is 1120 g/mol. The molecule has 11 heteroatoms. The number of hydrogen-bond donors (Lipinski definition) is 6. The van der Waals surface area contributed by atoms with E-state index in [4.69, 9.17) is 14.2 Å². The van der Waals surface area contributed by atoms with Crippen LogP contribution >= 0.6 is 0 Å². The number of esters is 1. The first kappa shape index (κ1) is 74.6. The van der Waals surface area contributed by atoms with Crippen LogP contribution in [-0.2, 0) is 23.8 Å². The second-order valence-corrected chi connectivity index (χ2v) is 23.2. The highest BCUT2D eigenvalue weighted by Crippen LogP contribution is 2.26. The molecule has 8 atom stereocenters. The Hall–Kier alpha value is -2.38. The molecule has 6 N–H and O–H groups in total. The van der Waals surface area contributed by atoms with Crippen LogP contribution in [0.2, 0.25) is 0 Å². The average molecular weight is 1120 g/mol. The second-order valence-electron chi connectivity index (χ2n) is 23.2. The van der Waals surface area contributed by atoms with Crippen LogP contribution < -0.4 is 5.32 Å². The molecule has 0 bridgehead atoms. The number of rotatable bonds is 57. The molecule has 0 aromatic carbocycles. The normalized spacial score (nSPS) is 19.1. The summed E-state index contributed by atoms with van der Waals surface area (Å²) >= 11 is 0. The van der Waals surface area contributed by atoms with E-state index in [9.17, 15) is 35.1 Å². The highest BCUT2D eigenvalue weighted by molar-refractivity contribution is 5.80. The van der Waals surface area contributed by atoms with E-state index >= 15 is 0 Å². The highest BCUT2D eigenvalue weighted by atomic mass is 16.7. The Labute approximate surface area is 485 Å². The van der Waals surface area contributed by atoms with Crippen LogP contribution in [0.4, 0.5) is 0 Å². The van der Waals surface area contributed by atoms with Gasteiger partial charge in [0.25, 0.3) is 0 Å². The smallest absolute Gasteiger partial charge is 0.306 e. The zero-order valence-corrected chi connectivity index (χ0v) is 51.2. The molecule has 0 aliphatic carbocycles. The van der Waals surface area contributed by atoms with Crippen LogP contribution in [0, 0.1) is 0 Å². The summed E-state index contributed by atoms with van der Waals surface area (Å²) in [4.78, 5) is 26.6. The van der Waals surface area contributed by atoms with Gasteiger partial charge in [-0.1, -0.05) is 268 Å². The Balaban J connectivity index is 2.65. The van der Waals surface area contributed by atoms with Crippen molar-refractivity contribution in [3.8, 4) is 0 Å². The third-order valence-corrected chi connectivity index (χ3v) is 15.7. The minimum absolute atomic E-state index is 0.122. The van der Waals surface area contributed by atoms with Gasteiger partial charge >= 0.3 is 5.97 Å². The maximum absolute atomic E-state index is 13.5. The van der Waals surface area contributed by atoms with Crippen LogP contribution in [0.25, 0.3) is 0 Å². The van der Waals surface area contributed by atoms with Gasteiger partial charge in [0.1, 0.15) is 24.4 Å². The average Bonchev–Trinajstić information content (AvgIpc) is 3.49. The molecule has 1 aliphatic rings. The third kappa shape index (κ3) is 43.9. The van der Waals surface area contributed by atoms with Crippen molar-refractivity contribution in [2.75, 3.05) is 13.2 Å². The summed E-state index contributed by atoms with van der Waals surface area (Å²) in [6.45, 7) is 5.79. The van der Waals surface area contributed by atoms with Gasteiger partial charge in [0.2, 0.25) is 5.91 Å². The number of nitrogens with one attached hydrogen (secondary N) is 1. The number of aliphatic hydroxyl groups is 5. The standard InChI is InChI=1S/C68H125NO10/c1-4-7-10-13-16-19-22-25-27-29-31-33-35-38-41-44-47-50-53-56-63(73)79-66-65(75)64(74)62(57-70)78-68(66)77-58-59(60(71)54-51-48-45-42-39-36-24-21-18-15-12-9-6-3)69-67(76)61(72)55-52-49-46-43-40-37-34-32-30-28-26-23-20-17-14-11-8-5-2/h17,20,25-28,51,54,59-62,64-66,68,70-72,74-75H,4-16,18-19,21-24,29-50,52-53,55-58H2,1-3H3,(H,69,76)/b20-17-,27-25+,28-26-,54-51+. The van der Waals surface area contributed by atoms with Gasteiger partial charge in [-0.2, -0.15) is 0 Å². The molecule has 0 aromatic heterocycles. The van der Waals surface area contributed by atoms with Crippen LogP contribution in [0.15, 0.2) is 48.6 Å². The summed E-state index contributed by atoms with van der Waals surface area (Å²) in [6, 6.07) is -1.03. The predicted octanol–water partition coefficient (Wildman–Crippen LogP) is 16.4. The minimum atomic E-state index is -1.61. The van der Waals surface area contributed by atoms with Crippen molar-refractivity contribution in [3.63, 3.8) is 0 Å². The molecule has 8 unspecified atom stereocenters. The molecule has 0 spiro atoms. The van der Waals surface area contributed by atoms with Crippen LogP contribution in [0.1, 0.15) is 310 Å². The maximum atomic E-state index is 13.5. The number of ether oxygens (including phenoxy) is 3. The molecule has 0 radical (unpaired) electrons. The van der Waals surface area contributed by atoms with Crippen molar-refractivity contribution in [2.24, 2.45) is 0 Å². The Morgan fingerprint density at radius 3 is 1.33 bits per heavy atom. The molecule has 1 amide bonds. The first-order valence-electron chi connectivity index (χ1n) is 33.4. The summed E-state index contributed by atoms with van der Waals surface area (Å²) in [7, 11) is 0. The molecule has 0 saturated carbocycles. The van der Waals surface area contributed by atoms with Crippen LogP contribution in [-0.4, -0.2) is 99.6 Å².